The maximum absolute atomic E-state index is 13.2. The second-order valence-electron chi connectivity index (χ2n) is 6.13. The van der Waals surface area contributed by atoms with Crippen molar-refractivity contribution in [2.24, 2.45) is 5.10 Å². The van der Waals surface area contributed by atoms with Crippen molar-refractivity contribution in [1.82, 2.24) is 19.4 Å². The second kappa shape index (κ2) is 6.55. The fraction of sp³-hybridized carbons (Fsp3) is 0.158. The molecular weight excluding hydrogens is 365 g/mol. The molecule has 0 bridgehead atoms. The van der Waals surface area contributed by atoms with E-state index in [0.29, 0.717) is 16.0 Å². The first-order valence-electron chi connectivity index (χ1n) is 8.29. The van der Waals surface area contributed by atoms with E-state index in [1.54, 1.807) is 36.0 Å². The molecule has 0 aliphatic carbocycles. The molecule has 1 aromatic carbocycles. The van der Waals surface area contributed by atoms with Crippen molar-refractivity contribution in [3.8, 4) is 5.69 Å². The van der Waals surface area contributed by atoms with E-state index in [1.807, 2.05) is 19.2 Å². The van der Waals surface area contributed by atoms with E-state index < -0.39 is 0 Å². The number of halogens is 1. The molecule has 0 saturated carbocycles. The number of fused-ring (bicyclic) bond motifs is 1. The molecule has 136 valence electrons. The van der Waals surface area contributed by atoms with E-state index >= 15 is 0 Å². The molecule has 4 rings (SSSR count). The zero-order chi connectivity index (χ0) is 19.1. The van der Waals surface area contributed by atoms with Crippen LogP contribution >= 0.6 is 11.3 Å². The Hall–Kier alpha value is -3.13. The molecular formula is C19H16FN5OS. The molecule has 0 saturated heterocycles. The third-order valence-electron chi connectivity index (χ3n) is 4.36. The van der Waals surface area contributed by atoms with E-state index in [9.17, 15) is 9.18 Å². The lowest BCUT2D eigenvalue weighted by Crippen LogP contribution is -2.19. The standard InChI is InChI=1S/C19H16FN5OS/c1-11-17(12(2)24(23-11)15-6-4-14(20)5-7-15)10-21-25-13(3)22-18-16(19(25)26)8-9-27-18/h4-10H,1-3H3/b21-10-. The summed E-state index contributed by atoms with van der Waals surface area (Å²) in [7, 11) is 0. The zero-order valence-corrected chi connectivity index (χ0v) is 15.8. The highest BCUT2D eigenvalue weighted by atomic mass is 32.1. The minimum Gasteiger partial charge on any atom is -0.267 e. The molecule has 0 fully saturated rings. The van der Waals surface area contributed by atoms with Crippen LogP contribution in [0.5, 0.6) is 0 Å². The number of benzene rings is 1. The number of rotatable bonds is 3. The van der Waals surface area contributed by atoms with E-state index in [-0.39, 0.29) is 11.4 Å². The molecule has 0 N–H and O–H groups in total. The first kappa shape index (κ1) is 17.3. The Bertz CT molecular complexity index is 1230. The third kappa shape index (κ3) is 2.97. The third-order valence-corrected chi connectivity index (χ3v) is 5.16. The Kier molecular flexibility index (Phi) is 4.19. The van der Waals surface area contributed by atoms with Gasteiger partial charge in [0.25, 0.3) is 5.56 Å². The lowest BCUT2D eigenvalue weighted by molar-refractivity contribution is 0.627. The molecule has 0 radical (unpaired) electrons. The first-order valence-corrected chi connectivity index (χ1v) is 9.17. The Morgan fingerprint density at radius 2 is 1.89 bits per heavy atom. The van der Waals surface area contributed by atoms with Crippen LogP contribution in [0.2, 0.25) is 0 Å². The molecule has 0 unspecified atom stereocenters. The molecule has 0 amide bonds. The highest BCUT2D eigenvalue weighted by Gasteiger charge is 2.13. The number of thiophene rings is 1. The van der Waals surface area contributed by atoms with Gasteiger partial charge in [0.05, 0.1) is 28.7 Å². The first-order chi connectivity index (χ1) is 13.0. The van der Waals surface area contributed by atoms with E-state index in [4.69, 9.17) is 0 Å². The summed E-state index contributed by atoms with van der Waals surface area (Å²) in [6, 6.07) is 7.87. The summed E-state index contributed by atoms with van der Waals surface area (Å²) >= 11 is 1.43. The van der Waals surface area contributed by atoms with Gasteiger partial charge in [0.2, 0.25) is 0 Å². The molecule has 3 heterocycles. The summed E-state index contributed by atoms with van der Waals surface area (Å²) < 4.78 is 16.2. The average Bonchev–Trinajstić information content (AvgIpc) is 3.21. The van der Waals surface area contributed by atoms with Crippen molar-refractivity contribution in [2.75, 3.05) is 0 Å². The predicted octanol–water partition coefficient (Wildman–Crippen LogP) is 3.59. The summed E-state index contributed by atoms with van der Waals surface area (Å²) in [6.07, 6.45) is 1.62. The van der Waals surface area contributed by atoms with Crippen molar-refractivity contribution in [2.45, 2.75) is 20.8 Å². The molecule has 0 aliphatic heterocycles. The normalized spacial score (nSPS) is 11.7. The largest absolute Gasteiger partial charge is 0.282 e. The van der Waals surface area contributed by atoms with Gasteiger partial charge in [-0.05, 0) is 56.5 Å². The Morgan fingerprint density at radius 1 is 1.15 bits per heavy atom. The van der Waals surface area contributed by atoms with Gasteiger partial charge in [-0.2, -0.15) is 14.9 Å². The van der Waals surface area contributed by atoms with Gasteiger partial charge >= 0.3 is 0 Å². The molecule has 4 aromatic rings. The van der Waals surface area contributed by atoms with E-state index in [2.05, 4.69) is 15.2 Å². The summed E-state index contributed by atoms with van der Waals surface area (Å²) in [4.78, 5) is 17.8. The maximum atomic E-state index is 13.2. The molecule has 0 atom stereocenters. The summed E-state index contributed by atoms with van der Waals surface area (Å²) in [5, 5.41) is 11.3. The van der Waals surface area contributed by atoms with Crippen molar-refractivity contribution < 1.29 is 4.39 Å². The van der Waals surface area contributed by atoms with Crippen molar-refractivity contribution in [3.63, 3.8) is 0 Å². The Balaban J connectivity index is 1.77. The van der Waals surface area contributed by atoms with Gasteiger partial charge in [-0.25, -0.2) is 14.1 Å². The lowest BCUT2D eigenvalue weighted by atomic mass is 10.2. The number of aryl methyl sites for hydroxylation is 2. The number of nitrogens with zero attached hydrogens (tertiary/aromatic N) is 5. The zero-order valence-electron chi connectivity index (χ0n) is 15.0. The predicted molar refractivity (Wildman–Crippen MR) is 105 cm³/mol. The van der Waals surface area contributed by atoms with E-state index in [0.717, 1.165) is 22.6 Å². The van der Waals surface area contributed by atoms with Crippen molar-refractivity contribution in [3.05, 3.63) is 74.7 Å². The highest BCUT2D eigenvalue weighted by Crippen LogP contribution is 2.18. The van der Waals surface area contributed by atoms with Crippen LogP contribution in [0.3, 0.4) is 0 Å². The van der Waals surface area contributed by atoms with Gasteiger partial charge in [-0.15, -0.1) is 11.3 Å². The van der Waals surface area contributed by atoms with Crippen LogP contribution in [-0.2, 0) is 0 Å². The minimum atomic E-state index is -0.298. The van der Waals surface area contributed by atoms with Gasteiger partial charge in [0, 0.05) is 5.56 Å². The Labute approximate surface area is 158 Å². The highest BCUT2D eigenvalue weighted by molar-refractivity contribution is 7.16. The van der Waals surface area contributed by atoms with Gasteiger partial charge in [-0.3, -0.25) is 4.79 Å². The van der Waals surface area contributed by atoms with E-state index in [1.165, 1.54) is 28.1 Å². The van der Waals surface area contributed by atoms with Crippen LogP contribution < -0.4 is 5.56 Å². The quantitative estimate of drug-likeness (QED) is 0.510. The smallest absolute Gasteiger partial charge is 0.267 e. The summed E-state index contributed by atoms with van der Waals surface area (Å²) in [6.45, 7) is 5.52. The minimum absolute atomic E-state index is 0.198. The fourth-order valence-corrected chi connectivity index (χ4v) is 3.73. The summed E-state index contributed by atoms with van der Waals surface area (Å²) in [5.41, 5.74) is 2.97. The van der Waals surface area contributed by atoms with Crippen LogP contribution in [0, 0.1) is 26.6 Å². The maximum Gasteiger partial charge on any atom is 0.282 e. The average molecular weight is 381 g/mol. The molecule has 0 spiro atoms. The van der Waals surface area contributed by atoms with Gasteiger partial charge in [0.15, 0.2) is 0 Å². The van der Waals surface area contributed by atoms with Gasteiger partial charge in [-0.1, -0.05) is 0 Å². The SMILES string of the molecule is Cc1nn(-c2ccc(F)cc2)c(C)c1/C=N\n1c(C)nc2sccc2c1=O. The molecule has 27 heavy (non-hydrogen) atoms. The van der Waals surface area contributed by atoms with Gasteiger partial charge in [0.1, 0.15) is 16.5 Å². The van der Waals surface area contributed by atoms with Crippen LogP contribution in [0.15, 0.2) is 45.6 Å². The molecule has 3 aromatic heterocycles. The van der Waals surface area contributed by atoms with Crippen LogP contribution in [0.1, 0.15) is 22.8 Å². The van der Waals surface area contributed by atoms with Crippen molar-refractivity contribution >= 4 is 27.8 Å². The number of hydrogen-bond acceptors (Lipinski definition) is 5. The van der Waals surface area contributed by atoms with Crippen LogP contribution in [0.4, 0.5) is 4.39 Å². The molecule has 6 nitrogen and oxygen atoms in total. The lowest BCUT2D eigenvalue weighted by Gasteiger charge is -2.04. The second-order valence-corrected chi connectivity index (χ2v) is 7.03. The topological polar surface area (TPSA) is 65.1 Å². The number of aromatic nitrogens is 4. The van der Waals surface area contributed by atoms with Crippen LogP contribution in [0.25, 0.3) is 15.9 Å². The summed E-state index contributed by atoms with van der Waals surface area (Å²) in [5.74, 6) is 0.223. The van der Waals surface area contributed by atoms with Gasteiger partial charge < -0.3 is 0 Å². The molecule has 0 aliphatic rings. The Morgan fingerprint density at radius 3 is 2.63 bits per heavy atom. The fourth-order valence-electron chi connectivity index (χ4n) is 2.93. The van der Waals surface area contributed by atoms with Crippen LogP contribution in [-0.4, -0.2) is 25.7 Å². The number of hydrogen-bond donors (Lipinski definition) is 0. The van der Waals surface area contributed by atoms with Crippen molar-refractivity contribution in [1.29, 1.82) is 0 Å². The monoisotopic (exact) mass is 381 g/mol. The molecule has 8 heteroatoms.